The van der Waals surface area contributed by atoms with Crippen LogP contribution < -0.4 is 5.32 Å². The third-order valence-electron chi connectivity index (χ3n) is 3.99. The van der Waals surface area contributed by atoms with E-state index >= 15 is 0 Å². The third kappa shape index (κ3) is 2.38. The molecule has 1 fully saturated rings. The van der Waals surface area contributed by atoms with Crippen LogP contribution in [0.4, 0.5) is 0 Å². The van der Waals surface area contributed by atoms with E-state index in [4.69, 9.17) is 0 Å². The van der Waals surface area contributed by atoms with Crippen molar-refractivity contribution in [3.05, 3.63) is 18.2 Å². The Morgan fingerprint density at radius 2 is 2.35 bits per heavy atom. The lowest BCUT2D eigenvalue weighted by Crippen LogP contribution is -2.59. The standard InChI is InChI=1S/C13H23N3O/c1-4-6-16-7-5-14-12(16)9-15-10-8-11(17)13(10,2)3/h5,7,10-11,15,17H,4,6,8-9H2,1-3H3. The van der Waals surface area contributed by atoms with Crippen LogP contribution in [0.2, 0.25) is 0 Å². The molecule has 2 N–H and O–H groups in total. The smallest absolute Gasteiger partial charge is 0.122 e. The van der Waals surface area contributed by atoms with E-state index in [2.05, 4.69) is 35.6 Å². The summed E-state index contributed by atoms with van der Waals surface area (Å²) >= 11 is 0. The van der Waals surface area contributed by atoms with E-state index in [1.54, 1.807) is 0 Å². The summed E-state index contributed by atoms with van der Waals surface area (Å²) in [5, 5.41) is 13.2. The minimum absolute atomic E-state index is 0.0117. The SMILES string of the molecule is CCCn1ccnc1CNC1CC(O)C1(C)C. The Hall–Kier alpha value is -0.870. The number of hydrogen-bond donors (Lipinski definition) is 2. The maximum absolute atomic E-state index is 9.68. The zero-order valence-electron chi connectivity index (χ0n) is 11.0. The van der Waals surface area contributed by atoms with E-state index in [0.717, 1.165) is 31.8 Å². The summed E-state index contributed by atoms with van der Waals surface area (Å²) in [5.41, 5.74) is -0.0117. The fraction of sp³-hybridized carbons (Fsp3) is 0.769. The maximum atomic E-state index is 9.68. The summed E-state index contributed by atoms with van der Waals surface area (Å²) in [6.45, 7) is 8.19. The van der Waals surface area contributed by atoms with Crippen molar-refractivity contribution in [3.63, 3.8) is 0 Å². The van der Waals surface area contributed by atoms with Crippen molar-refractivity contribution in [3.8, 4) is 0 Å². The second-order valence-electron chi connectivity index (χ2n) is 5.54. The lowest BCUT2D eigenvalue weighted by molar-refractivity contribution is -0.0732. The second kappa shape index (κ2) is 4.78. The molecular formula is C13H23N3O. The number of nitrogens with one attached hydrogen (secondary N) is 1. The van der Waals surface area contributed by atoms with Crippen molar-refractivity contribution < 1.29 is 5.11 Å². The van der Waals surface area contributed by atoms with Crippen LogP contribution in [-0.4, -0.2) is 26.8 Å². The molecular weight excluding hydrogens is 214 g/mol. The van der Waals surface area contributed by atoms with Crippen molar-refractivity contribution in [2.24, 2.45) is 5.41 Å². The summed E-state index contributed by atoms with van der Waals surface area (Å²) in [6.07, 6.45) is 5.68. The molecule has 0 aromatic carbocycles. The first-order chi connectivity index (χ1) is 8.05. The van der Waals surface area contributed by atoms with Crippen LogP contribution in [-0.2, 0) is 13.1 Å². The molecule has 0 radical (unpaired) electrons. The largest absolute Gasteiger partial charge is 0.392 e. The average Bonchev–Trinajstić information content (AvgIpc) is 2.72. The molecule has 1 aromatic heterocycles. The topological polar surface area (TPSA) is 50.1 Å². The Bertz CT molecular complexity index is 372. The number of rotatable bonds is 5. The molecule has 17 heavy (non-hydrogen) atoms. The number of aromatic nitrogens is 2. The minimum Gasteiger partial charge on any atom is -0.392 e. The molecule has 4 heteroatoms. The zero-order chi connectivity index (χ0) is 12.5. The van der Waals surface area contributed by atoms with Crippen LogP contribution >= 0.6 is 0 Å². The van der Waals surface area contributed by atoms with Crippen molar-refractivity contribution in [1.82, 2.24) is 14.9 Å². The van der Waals surface area contributed by atoms with Gasteiger partial charge in [0.2, 0.25) is 0 Å². The Labute approximate surface area is 103 Å². The molecule has 4 nitrogen and oxygen atoms in total. The van der Waals surface area contributed by atoms with Crippen molar-refractivity contribution in [1.29, 1.82) is 0 Å². The number of imidazole rings is 1. The molecule has 96 valence electrons. The highest BCUT2D eigenvalue weighted by atomic mass is 16.3. The van der Waals surface area contributed by atoms with Gasteiger partial charge in [-0.25, -0.2) is 4.98 Å². The van der Waals surface area contributed by atoms with Gasteiger partial charge in [-0.3, -0.25) is 0 Å². The highest BCUT2D eigenvalue weighted by Gasteiger charge is 2.46. The number of aryl methyl sites for hydroxylation is 1. The fourth-order valence-corrected chi connectivity index (χ4v) is 2.42. The number of aliphatic hydroxyl groups is 1. The predicted molar refractivity (Wildman–Crippen MR) is 67.6 cm³/mol. The van der Waals surface area contributed by atoms with Gasteiger partial charge in [0, 0.05) is 30.4 Å². The summed E-state index contributed by atoms with van der Waals surface area (Å²) in [7, 11) is 0. The highest BCUT2D eigenvalue weighted by molar-refractivity contribution is 5.03. The number of hydrogen-bond acceptors (Lipinski definition) is 3. The fourth-order valence-electron chi connectivity index (χ4n) is 2.42. The van der Waals surface area contributed by atoms with Crippen molar-refractivity contribution >= 4 is 0 Å². The molecule has 0 saturated heterocycles. The summed E-state index contributed by atoms with van der Waals surface area (Å²) in [4.78, 5) is 4.37. The minimum atomic E-state index is -0.171. The van der Waals surface area contributed by atoms with E-state index in [9.17, 15) is 5.11 Å². The monoisotopic (exact) mass is 237 g/mol. The van der Waals surface area contributed by atoms with Gasteiger partial charge < -0.3 is 15.0 Å². The van der Waals surface area contributed by atoms with Gasteiger partial charge in [-0.2, -0.15) is 0 Å². The van der Waals surface area contributed by atoms with E-state index < -0.39 is 0 Å². The quantitative estimate of drug-likeness (QED) is 0.817. The van der Waals surface area contributed by atoms with Gasteiger partial charge >= 0.3 is 0 Å². The predicted octanol–water partition coefficient (Wildman–Crippen LogP) is 1.54. The maximum Gasteiger partial charge on any atom is 0.122 e. The van der Waals surface area contributed by atoms with Crippen LogP contribution in [0.3, 0.4) is 0 Å². The highest BCUT2D eigenvalue weighted by Crippen LogP contribution is 2.40. The van der Waals surface area contributed by atoms with Gasteiger partial charge in [0.25, 0.3) is 0 Å². The zero-order valence-corrected chi connectivity index (χ0v) is 11.0. The molecule has 1 aliphatic rings. The Kier molecular flexibility index (Phi) is 3.54. The average molecular weight is 237 g/mol. The normalized spacial score (nSPS) is 26.8. The van der Waals surface area contributed by atoms with Crippen LogP contribution in [0.15, 0.2) is 12.4 Å². The molecule has 2 rings (SSSR count). The van der Waals surface area contributed by atoms with Gasteiger partial charge in [0.05, 0.1) is 12.6 Å². The molecule has 0 aliphatic heterocycles. The molecule has 1 aliphatic carbocycles. The van der Waals surface area contributed by atoms with Gasteiger partial charge in [-0.1, -0.05) is 20.8 Å². The van der Waals surface area contributed by atoms with Crippen LogP contribution in [0, 0.1) is 5.41 Å². The second-order valence-corrected chi connectivity index (χ2v) is 5.54. The van der Waals surface area contributed by atoms with Gasteiger partial charge in [0.15, 0.2) is 0 Å². The number of aliphatic hydroxyl groups excluding tert-OH is 1. The van der Waals surface area contributed by atoms with Gasteiger partial charge in [0.1, 0.15) is 5.82 Å². The van der Waals surface area contributed by atoms with Crippen LogP contribution in [0.5, 0.6) is 0 Å². The molecule has 0 amide bonds. The molecule has 0 spiro atoms. The lowest BCUT2D eigenvalue weighted by atomic mass is 9.64. The van der Waals surface area contributed by atoms with Crippen molar-refractivity contribution in [2.45, 2.75) is 58.8 Å². The molecule has 0 bridgehead atoms. The first-order valence-corrected chi connectivity index (χ1v) is 6.47. The molecule has 1 saturated carbocycles. The number of nitrogens with zero attached hydrogens (tertiary/aromatic N) is 2. The van der Waals surface area contributed by atoms with Crippen molar-refractivity contribution in [2.75, 3.05) is 0 Å². The third-order valence-corrected chi connectivity index (χ3v) is 3.99. The Balaban J connectivity index is 1.88. The van der Waals surface area contributed by atoms with Gasteiger partial charge in [-0.15, -0.1) is 0 Å². The van der Waals surface area contributed by atoms with Crippen LogP contribution in [0.25, 0.3) is 0 Å². The van der Waals surface area contributed by atoms with E-state index in [1.807, 2.05) is 12.4 Å². The van der Waals surface area contributed by atoms with E-state index in [0.29, 0.717) is 6.04 Å². The summed E-state index contributed by atoms with van der Waals surface area (Å²) in [5.74, 6) is 1.09. The summed E-state index contributed by atoms with van der Waals surface area (Å²) in [6, 6.07) is 0.393. The van der Waals surface area contributed by atoms with Gasteiger partial charge in [-0.05, 0) is 12.8 Å². The first kappa shape index (κ1) is 12.6. The Morgan fingerprint density at radius 3 is 2.94 bits per heavy atom. The Morgan fingerprint density at radius 1 is 1.59 bits per heavy atom. The molecule has 1 aromatic rings. The molecule has 2 atom stereocenters. The molecule has 1 heterocycles. The molecule has 2 unspecified atom stereocenters. The van der Waals surface area contributed by atoms with E-state index in [1.165, 1.54) is 0 Å². The summed E-state index contributed by atoms with van der Waals surface area (Å²) < 4.78 is 2.19. The lowest BCUT2D eigenvalue weighted by Gasteiger charge is -2.49. The first-order valence-electron chi connectivity index (χ1n) is 6.47. The van der Waals surface area contributed by atoms with E-state index in [-0.39, 0.29) is 11.5 Å². The van der Waals surface area contributed by atoms with Crippen LogP contribution in [0.1, 0.15) is 39.4 Å².